The summed E-state index contributed by atoms with van der Waals surface area (Å²) in [5.41, 5.74) is 39.5. The number of hydrogen-bond donors (Lipinski definition) is 0. The van der Waals surface area contributed by atoms with Crippen LogP contribution in [0.1, 0.15) is 0 Å². The van der Waals surface area contributed by atoms with Crippen LogP contribution in [0.25, 0.3) is 268 Å². The minimum Gasteiger partial charge on any atom is -0.248 e. The molecule has 0 aliphatic heterocycles. The number of hydrogen-bond acceptors (Lipinski definition) is 11. The molecular weight excluding hydrogens is 1820 g/mol. The minimum absolute atomic E-state index is 0.674. The Kier molecular flexibility index (Phi) is 25.0. The Morgan fingerprint density at radius 3 is 0.573 bits per heavy atom. The maximum absolute atomic E-state index is 5.29. The van der Waals surface area contributed by atoms with Crippen LogP contribution in [-0.4, -0.2) is 54.8 Å². The van der Waals surface area contributed by atoms with E-state index in [0.29, 0.717) is 11.6 Å². The molecule has 27 aromatic rings. The first-order chi connectivity index (χ1) is 74.3. The molecule has 0 aliphatic rings. The van der Waals surface area contributed by atoms with E-state index < -0.39 is 0 Å². The molecule has 9 aromatic heterocycles. The number of aromatic nitrogens is 11. The van der Waals surface area contributed by atoms with Gasteiger partial charge >= 0.3 is 0 Å². The molecule has 0 spiro atoms. The standard InChI is InChI=1S/C47H31N3.2C46H30N4/c1-5-14-32(15-6-1)39-29-43(34-18-9-3-10-19-34)48-44(30-39)38-23-13-22-37(28-38)41-31-45(35-20-11-4-12-21-35)50-47-40(41)26-24-36-25-27-42(49-46(36)47)33-16-7-2-8-17-33;1-5-14-31(15-6-1)40-27-25-34-24-26-38-39(29-41(32-16-7-2-8-17-32)48-45(38)44(34)47-40)36-22-13-23-37(28-36)43-30-42(33-18-9-3-10-19-33)49-46(50-43)35-20-11-4-12-21-35;1-5-14-31(15-6-1)40-27-25-35-24-26-38-39(29-41(32-16-7-2-8-17-32)48-45(38)44(35)47-40)36-22-13-23-37(28-36)46-49-42(33-18-9-3-10-19-33)30-43(50-46)34-20-11-4-12-21-34/h1-31H;2*1-30H. The van der Waals surface area contributed by atoms with Gasteiger partial charge in [-0.15, -0.1) is 0 Å². The van der Waals surface area contributed by atoms with E-state index in [1.165, 1.54) is 0 Å². The van der Waals surface area contributed by atoms with E-state index in [4.69, 9.17) is 54.8 Å². The zero-order chi connectivity index (χ0) is 99.8. The van der Waals surface area contributed by atoms with E-state index in [9.17, 15) is 0 Å². The van der Waals surface area contributed by atoms with E-state index in [1.54, 1.807) is 0 Å². The molecule has 0 aliphatic carbocycles. The second-order valence-electron chi connectivity index (χ2n) is 37.0. The van der Waals surface area contributed by atoms with E-state index in [0.717, 1.165) is 256 Å². The number of nitrogens with zero attached hydrogens (tertiary/aromatic N) is 11. The Hall–Kier alpha value is -20.3. The second-order valence-corrected chi connectivity index (χ2v) is 37.0. The van der Waals surface area contributed by atoms with E-state index >= 15 is 0 Å². The van der Waals surface area contributed by atoms with Crippen LogP contribution in [0.3, 0.4) is 0 Å². The smallest absolute Gasteiger partial charge is 0.160 e. The quantitative estimate of drug-likeness (QED) is 0.0758. The lowest BCUT2D eigenvalue weighted by Gasteiger charge is -2.14. The molecule has 0 amide bonds. The SMILES string of the molecule is c1ccc(-c2cc(-c3cccc(-c4cc(-c5ccccc5)nc5c4ccc4ccc(-c6ccccc6)nc45)c3)nc(-c3ccccc3)n2)cc1.c1ccc(-c2cc(-c3ccccc3)nc(-c3cccc(-c4cc(-c5ccccc5)nc5c4ccc4ccc(-c6ccccc6)nc45)c3)c2)cc1.c1ccc(-c2cc(-c3ccccc3)nc(-c3cccc(-c4cc(-c5ccccc5)nc5c4ccc4ccc(-c6ccccc6)nc45)c3)n2)cc1. The molecule has 9 heterocycles. The molecule has 11 nitrogen and oxygen atoms in total. The average Bonchev–Trinajstić information content (AvgIpc) is 0.754. The van der Waals surface area contributed by atoms with Crippen molar-refractivity contribution in [2.24, 2.45) is 0 Å². The summed E-state index contributed by atoms with van der Waals surface area (Å²) in [6, 6.07) is 191. The van der Waals surface area contributed by atoms with Gasteiger partial charge in [0.1, 0.15) is 0 Å². The molecule has 0 bridgehead atoms. The van der Waals surface area contributed by atoms with Gasteiger partial charge in [0.15, 0.2) is 11.6 Å². The number of pyridine rings is 7. The molecular formula is C139H91N11. The van der Waals surface area contributed by atoms with Gasteiger partial charge in [0.25, 0.3) is 0 Å². The molecule has 0 radical (unpaired) electrons. The van der Waals surface area contributed by atoms with Crippen molar-refractivity contribution in [3.63, 3.8) is 0 Å². The van der Waals surface area contributed by atoms with Crippen LogP contribution in [-0.2, 0) is 0 Å². The van der Waals surface area contributed by atoms with Gasteiger partial charge in [-0.05, 0) is 123 Å². The second kappa shape index (κ2) is 41.2. The minimum atomic E-state index is 0.674. The maximum Gasteiger partial charge on any atom is 0.160 e. The van der Waals surface area contributed by atoms with Gasteiger partial charge in [-0.25, -0.2) is 54.8 Å². The monoisotopic (exact) mass is 1910 g/mol. The summed E-state index contributed by atoms with van der Waals surface area (Å²) in [6.45, 7) is 0. The Morgan fingerprint density at radius 2 is 0.287 bits per heavy atom. The van der Waals surface area contributed by atoms with Gasteiger partial charge in [0, 0.05) is 110 Å². The highest BCUT2D eigenvalue weighted by Crippen LogP contribution is 2.45. The van der Waals surface area contributed by atoms with Crippen molar-refractivity contribution < 1.29 is 0 Å². The summed E-state index contributed by atoms with van der Waals surface area (Å²) in [6.07, 6.45) is 0. The third-order valence-electron chi connectivity index (χ3n) is 27.4. The molecule has 0 saturated heterocycles. The molecule has 18 aromatic carbocycles. The average molecular weight is 1920 g/mol. The number of benzene rings is 18. The lowest BCUT2D eigenvalue weighted by atomic mass is 9.94. The Labute approximate surface area is 868 Å². The summed E-state index contributed by atoms with van der Waals surface area (Å²) in [7, 11) is 0. The Balaban J connectivity index is 0.000000116. The summed E-state index contributed by atoms with van der Waals surface area (Å²) in [4.78, 5) is 57.0. The zero-order valence-electron chi connectivity index (χ0n) is 81.5. The molecule has 0 atom stereocenters. The van der Waals surface area contributed by atoms with Gasteiger partial charge in [-0.3, -0.25) is 0 Å². The van der Waals surface area contributed by atoms with Gasteiger partial charge in [-0.2, -0.15) is 0 Å². The molecule has 11 heteroatoms. The first-order valence-electron chi connectivity index (χ1n) is 50.3. The summed E-state index contributed by atoms with van der Waals surface area (Å²) >= 11 is 0. The fourth-order valence-electron chi connectivity index (χ4n) is 19.8. The first kappa shape index (κ1) is 91.0. The van der Waals surface area contributed by atoms with Gasteiger partial charge in [0.05, 0.1) is 101 Å². The van der Waals surface area contributed by atoms with Crippen LogP contribution in [0.4, 0.5) is 0 Å². The van der Waals surface area contributed by atoms with Crippen molar-refractivity contribution in [2.75, 3.05) is 0 Å². The molecule has 0 N–H and O–H groups in total. The van der Waals surface area contributed by atoms with E-state index in [-0.39, 0.29) is 0 Å². The van der Waals surface area contributed by atoms with Crippen LogP contribution in [0, 0.1) is 0 Å². The fraction of sp³-hybridized carbons (Fsp3) is 0. The molecule has 0 unspecified atom stereocenters. The van der Waals surface area contributed by atoms with Crippen LogP contribution in [0.2, 0.25) is 0 Å². The van der Waals surface area contributed by atoms with E-state index in [2.05, 4.69) is 400 Å². The largest absolute Gasteiger partial charge is 0.248 e. The van der Waals surface area contributed by atoms with Gasteiger partial charge in [0.2, 0.25) is 0 Å². The molecule has 150 heavy (non-hydrogen) atoms. The van der Waals surface area contributed by atoms with E-state index in [1.807, 2.05) is 152 Å². The Bertz CT molecular complexity index is 8570. The summed E-state index contributed by atoms with van der Waals surface area (Å²) < 4.78 is 0. The normalized spacial score (nSPS) is 11.2. The Morgan fingerprint density at radius 1 is 0.0933 bits per heavy atom. The third kappa shape index (κ3) is 19.1. The highest BCUT2D eigenvalue weighted by atomic mass is 14.9. The van der Waals surface area contributed by atoms with Gasteiger partial charge < -0.3 is 0 Å². The van der Waals surface area contributed by atoms with Crippen molar-refractivity contribution in [1.82, 2.24) is 54.8 Å². The van der Waals surface area contributed by atoms with Crippen molar-refractivity contribution in [3.8, 4) is 202 Å². The van der Waals surface area contributed by atoms with Crippen LogP contribution >= 0.6 is 0 Å². The first-order valence-corrected chi connectivity index (χ1v) is 50.3. The fourth-order valence-corrected chi connectivity index (χ4v) is 19.8. The van der Waals surface area contributed by atoms with Crippen molar-refractivity contribution in [3.05, 3.63) is 552 Å². The lowest BCUT2D eigenvalue weighted by Crippen LogP contribution is -1.96. The van der Waals surface area contributed by atoms with Crippen LogP contribution in [0.15, 0.2) is 552 Å². The summed E-state index contributed by atoms with van der Waals surface area (Å²) in [5, 5.41) is 6.31. The van der Waals surface area contributed by atoms with Crippen LogP contribution < -0.4 is 0 Å². The molecule has 27 rings (SSSR count). The maximum atomic E-state index is 5.29. The molecule has 0 saturated carbocycles. The highest BCUT2D eigenvalue weighted by molar-refractivity contribution is 6.13. The summed E-state index contributed by atoms with van der Waals surface area (Å²) in [5.74, 6) is 1.37. The third-order valence-corrected chi connectivity index (χ3v) is 27.4. The van der Waals surface area contributed by atoms with Crippen molar-refractivity contribution in [1.29, 1.82) is 0 Å². The predicted octanol–water partition coefficient (Wildman–Crippen LogP) is 35.3. The molecule has 0 fully saturated rings. The number of rotatable bonds is 18. The lowest BCUT2D eigenvalue weighted by molar-refractivity contribution is 1.18. The molecule has 702 valence electrons. The van der Waals surface area contributed by atoms with Crippen molar-refractivity contribution in [2.45, 2.75) is 0 Å². The number of fused-ring (bicyclic) bond motifs is 9. The van der Waals surface area contributed by atoms with Crippen LogP contribution in [0.5, 0.6) is 0 Å². The van der Waals surface area contributed by atoms with Crippen molar-refractivity contribution >= 4 is 65.4 Å². The van der Waals surface area contributed by atoms with Gasteiger partial charge in [-0.1, -0.05) is 473 Å². The predicted molar refractivity (Wildman–Crippen MR) is 618 cm³/mol. The highest BCUT2D eigenvalue weighted by Gasteiger charge is 2.24. The topological polar surface area (TPSA) is 142 Å². The zero-order valence-corrected chi connectivity index (χ0v) is 81.5.